The van der Waals surface area contributed by atoms with E-state index in [1.54, 1.807) is 6.08 Å². The lowest BCUT2D eigenvalue weighted by Gasteiger charge is -2.13. The van der Waals surface area contributed by atoms with E-state index in [-0.39, 0.29) is 6.10 Å². The van der Waals surface area contributed by atoms with Crippen LogP contribution in [0, 0.1) is 6.92 Å². The average molecular weight is 177 g/mol. The van der Waals surface area contributed by atoms with E-state index in [0.717, 1.165) is 5.75 Å². The third-order valence-electron chi connectivity index (χ3n) is 1.77. The topological polar surface area (TPSA) is 35.2 Å². The van der Waals surface area contributed by atoms with Gasteiger partial charge in [0, 0.05) is 6.54 Å². The van der Waals surface area contributed by atoms with Crippen molar-refractivity contribution in [2.75, 3.05) is 6.54 Å². The Labute approximate surface area is 79.0 Å². The molecular weight excluding hydrogens is 162 g/mol. The van der Waals surface area contributed by atoms with Gasteiger partial charge in [-0.25, -0.2) is 0 Å². The molecule has 0 aliphatic rings. The molecule has 0 aromatic heterocycles. The quantitative estimate of drug-likeness (QED) is 0.713. The zero-order valence-electron chi connectivity index (χ0n) is 7.86. The van der Waals surface area contributed by atoms with Crippen molar-refractivity contribution in [2.24, 2.45) is 5.73 Å². The zero-order chi connectivity index (χ0) is 9.68. The van der Waals surface area contributed by atoms with E-state index in [4.69, 9.17) is 10.5 Å². The molecule has 0 unspecified atom stereocenters. The molecule has 0 saturated heterocycles. The van der Waals surface area contributed by atoms with Crippen LogP contribution in [0.25, 0.3) is 0 Å². The summed E-state index contributed by atoms with van der Waals surface area (Å²) >= 11 is 0. The number of benzene rings is 1. The molecule has 0 spiro atoms. The summed E-state index contributed by atoms with van der Waals surface area (Å²) in [6.07, 6.45) is 1.62. The average Bonchev–Trinajstić information content (AvgIpc) is 2.14. The fraction of sp³-hybridized carbons (Fsp3) is 0.273. The van der Waals surface area contributed by atoms with E-state index in [0.29, 0.717) is 6.54 Å². The van der Waals surface area contributed by atoms with E-state index < -0.39 is 0 Å². The molecule has 0 bridgehead atoms. The van der Waals surface area contributed by atoms with Crippen LogP contribution in [0.1, 0.15) is 5.56 Å². The molecule has 0 amide bonds. The highest BCUT2D eigenvalue weighted by atomic mass is 16.5. The van der Waals surface area contributed by atoms with Crippen molar-refractivity contribution in [3.63, 3.8) is 0 Å². The molecule has 0 saturated carbocycles. The number of hydrogen-bond acceptors (Lipinski definition) is 2. The third-order valence-corrected chi connectivity index (χ3v) is 1.77. The second kappa shape index (κ2) is 4.67. The van der Waals surface area contributed by atoms with Crippen LogP contribution in [0.2, 0.25) is 0 Å². The minimum Gasteiger partial charge on any atom is -0.485 e. The number of aryl methyl sites for hydroxylation is 1. The standard InChI is InChI=1S/C11H15NO/c1-3-10(8-12)13-11-6-4-5-9(2)7-11/h3-7,10H,1,8,12H2,2H3/t10-/m1/s1. The van der Waals surface area contributed by atoms with Gasteiger partial charge in [0.05, 0.1) is 0 Å². The summed E-state index contributed by atoms with van der Waals surface area (Å²) in [5.74, 6) is 0.843. The number of hydrogen-bond donors (Lipinski definition) is 1. The Morgan fingerprint density at radius 2 is 2.38 bits per heavy atom. The first-order valence-corrected chi connectivity index (χ1v) is 4.32. The molecule has 0 aliphatic carbocycles. The first-order chi connectivity index (χ1) is 6.26. The molecule has 1 aromatic rings. The second-order valence-electron chi connectivity index (χ2n) is 2.94. The van der Waals surface area contributed by atoms with Gasteiger partial charge >= 0.3 is 0 Å². The lowest BCUT2D eigenvalue weighted by Crippen LogP contribution is -2.23. The van der Waals surface area contributed by atoms with Crippen molar-refractivity contribution in [3.8, 4) is 5.75 Å². The molecule has 13 heavy (non-hydrogen) atoms. The maximum Gasteiger partial charge on any atom is 0.129 e. The van der Waals surface area contributed by atoms with Crippen LogP contribution in [0.15, 0.2) is 36.9 Å². The van der Waals surface area contributed by atoms with Gasteiger partial charge in [-0.05, 0) is 24.6 Å². The van der Waals surface area contributed by atoms with E-state index in [1.807, 2.05) is 31.2 Å². The number of rotatable bonds is 4. The van der Waals surface area contributed by atoms with E-state index >= 15 is 0 Å². The van der Waals surface area contributed by atoms with Gasteiger partial charge in [-0.1, -0.05) is 24.8 Å². The molecule has 1 aromatic carbocycles. The molecule has 0 radical (unpaired) electrons. The molecule has 2 heteroatoms. The Kier molecular flexibility index (Phi) is 3.53. The van der Waals surface area contributed by atoms with Gasteiger partial charge < -0.3 is 10.5 Å². The molecule has 1 rings (SSSR count). The van der Waals surface area contributed by atoms with Gasteiger partial charge in [-0.2, -0.15) is 0 Å². The second-order valence-corrected chi connectivity index (χ2v) is 2.94. The van der Waals surface area contributed by atoms with Gasteiger partial charge in [0.1, 0.15) is 11.9 Å². The van der Waals surface area contributed by atoms with Crippen LogP contribution < -0.4 is 10.5 Å². The Morgan fingerprint density at radius 3 is 2.92 bits per heavy atom. The molecule has 2 nitrogen and oxygen atoms in total. The van der Waals surface area contributed by atoms with Crippen molar-refractivity contribution < 1.29 is 4.74 Å². The van der Waals surface area contributed by atoms with Crippen LogP contribution in [-0.4, -0.2) is 12.6 Å². The van der Waals surface area contributed by atoms with Gasteiger partial charge in [-0.3, -0.25) is 0 Å². The largest absolute Gasteiger partial charge is 0.485 e. The predicted molar refractivity (Wildman–Crippen MR) is 54.8 cm³/mol. The molecule has 0 heterocycles. The SMILES string of the molecule is C=C[C@H](CN)Oc1cccc(C)c1. The predicted octanol–water partition coefficient (Wildman–Crippen LogP) is 1.89. The van der Waals surface area contributed by atoms with Crippen molar-refractivity contribution in [1.29, 1.82) is 0 Å². The van der Waals surface area contributed by atoms with Crippen molar-refractivity contribution >= 4 is 0 Å². The van der Waals surface area contributed by atoms with Crippen molar-refractivity contribution in [3.05, 3.63) is 42.5 Å². The molecule has 0 fully saturated rings. The van der Waals surface area contributed by atoms with Crippen LogP contribution in [0.5, 0.6) is 5.75 Å². The van der Waals surface area contributed by atoms with Crippen LogP contribution in [0.3, 0.4) is 0 Å². The summed E-state index contributed by atoms with van der Waals surface area (Å²) in [5.41, 5.74) is 6.65. The Hall–Kier alpha value is -1.28. The summed E-state index contributed by atoms with van der Waals surface area (Å²) in [5, 5.41) is 0. The Bertz CT molecular complexity index is 283. The van der Waals surface area contributed by atoms with Crippen LogP contribution >= 0.6 is 0 Å². The number of nitrogens with two attached hydrogens (primary N) is 1. The molecular formula is C11H15NO. The van der Waals surface area contributed by atoms with E-state index in [1.165, 1.54) is 5.56 Å². The Balaban J connectivity index is 2.67. The fourth-order valence-corrected chi connectivity index (χ4v) is 1.06. The summed E-state index contributed by atoms with van der Waals surface area (Å²) in [7, 11) is 0. The minimum absolute atomic E-state index is 0.0956. The highest BCUT2D eigenvalue weighted by molar-refractivity contribution is 5.27. The minimum atomic E-state index is -0.0956. The van der Waals surface area contributed by atoms with Gasteiger partial charge in [0.25, 0.3) is 0 Å². The first kappa shape index (κ1) is 9.81. The van der Waals surface area contributed by atoms with Crippen LogP contribution in [0.4, 0.5) is 0 Å². The normalized spacial score (nSPS) is 12.2. The van der Waals surface area contributed by atoms with Crippen molar-refractivity contribution in [1.82, 2.24) is 0 Å². The summed E-state index contributed by atoms with van der Waals surface area (Å²) in [6, 6.07) is 7.88. The van der Waals surface area contributed by atoms with Gasteiger partial charge in [-0.15, -0.1) is 0 Å². The fourth-order valence-electron chi connectivity index (χ4n) is 1.06. The summed E-state index contributed by atoms with van der Waals surface area (Å²) in [4.78, 5) is 0. The van der Waals surface area contributed by atoms with Crippen LogP contribution in [-0.2, 0) is 0 Å². The highest BCUT2D eigenvalue weighted by Gasteiger charge is 2.02. The molecule has 70 valence electrons. The first-order valence-electron chi connectivity index (χ1n) is 4.32. The monoisotopic (exact) mass is 177 g/mol. The number of ether oxygens (including phenoxy) is 1. The zero-order valence-corrected chi connectivity index (χ0v) is 7.86. The third kappa shape index (κ3) is 2.92. The lowest BCUT2D eigenvalue weighted by molar-refractivity contribution is 0.257. The molecule has 1 atom stereocenters. The highest BCUT2D eigenvalue weighted by Crippen LogP contribution is 2.13. The smallest absolute Gasteiger partial charge is 0.129 e. The molecule has 2 N–H and O–H groups in total. The summed E-state index contributed by atoms with van der Waals surface area (Å²) < 4.78 is 5.55. The van der Waals surface area contributed by atoms with Gasteiger partial charge in [0.15, 0.2) is 0 Å². The Morgan fingerprint density at radius 1 is 1.62 bits per heavy atom. The van der Waals surface area contributed by atoms with E-state index in [2.05, 4.69) is 6.58 Å². The maximum absolute atomic E-state index is 5.55. The van der Waals surface area contributed by atoms with Crippen molar-refractivity contribution in [2.45, 2.75) is 13.0 Å². The maximum atomic E-state index is 5.55. The molecule has 0 aliphatic heterocycles. The summed E-state index contributed by atoms with van der Waals surface area (Å²) in [6.45, 7) is 6.13. The lowest BCUT2D eigenvalue weighted by atomic mass is 10.2. The van der Waals surface area contributed by atoms with E-state index in [9.17, 15) is 0 Å². The van der Waals surface area contributed by atoms with Gasteiger partial charge in [0.2, 0.25) is 0 Å².